The predicted octanol–water partition coefficient (Wildman–Crippen LogP) is 3.12. The van der Waals surface area contributed by atoms with Crippen LogP contribution in [0.4, 0.5) is 0 Å². The first kappa shape index (κ1) is 24.2. The zero-order valence-corrected chi connectivity index (χ0v) is 18.8. The summed E-state index contributed by atoms with van der Waals surface area (Å²) in [5.74, 6) is -1.43. The SMILES string of the molecule is COC(=O)c1ccc(C(=O)NCc2ccc(CNC(=O)c3ccc(C(=O)OC)cc3)cc2)cc1. The van der Waals surface area contributed by atoms with Crippen molar-refractivity contribution in [1.29, 1.82) is 0 Å². The molecule has 2 N–H and O–H groups in total. The molecule has 0 spiro atoms. The second-order valence-corrected chi connectivity index (χ2v) is 7.32. The molecule has 8 heteroatoms. The minimum Gasteiger partial charge on any atom is -0.465 e. The highest BCUT2D eigenvalue weighted by molar-refractivity contribution is 5.97. The number of esters is 2. The molecule has 0 atom stereocenters. The Hall–Kier alpha value is -4.46. The van der Waals surface area contributed by atoms with E-state index in [1.807, 2.05) is 24.3 Å². The molecule has 0 aliphatic heterocycles. The monoisotopic (exact) mass is 460 g/mol. The first-order chi connectivity index (χ1) is 16.4. The molecule has 8 nitrogen and oxygen atoms in total. The fourth-order valence-electron chi connectivity index (χ4n) is 3.09. The second-order valence-electron chi connectivity index (χ2n) is 7.32. The molecule has 0 heterocycles. The van der Waals surface area contributed by atoms with Crippen molar-refractivity contribution in [3.8, 4) is 0 Å². The van der Waals surface area contributed by atoms with Crippen molar-refractivity contribution < 1.29 is 28.7 Å². The molecule has 174 valence electrons. The van der Waals surface area contributed by atoms with E-state index < -0.39 is 11.9 Å². The molecule has 34 heavy (non-hydrogen) atoms. The van der Waals surface area contributed by atoms with E-state index in [0.29, 0.717) is 35.3 Å². The minimum absolute atomic E-state index is 0.258. The molecule has 0 unspecified atom stereocenters. The average molecular weight is 460 g/mol. The van der Waals surface area contributed by atoms with Gasteiger partial charge < -0.3 is 20.1 Å². The van der Waals surface area contributed by atoms with E-state index in [1.165, 1.54) is 38.5 Å². The summed E-state index contributed by atoms with van der Waals surface area (Å²) in [6.45, 7) is 0.660. The molecule has 3 rings (SSSR count). The van der Waals surface area contributed by atoms with Gasteiger partial charge in [0.05, 0.1) is 25.3 Å². The van der Waals surface area contributed by atoms with Crippen LogP contribution in [0.15, 0.2) is 72.8 Å². The molecule has 0 saturated heterocycles. The Bertz CT molecular complexity index is 1070. The first-order valence-electron chi connectivity index (χ1n) is 10.4. The number of benzene rings is 3. The van der Waals surface area contributed by atoms with Crippen molar-refractivity contribution in [3.63, 3.8) is 0 Å². The normalized spacial score (nSPS) is 10.2. The third kappa shape index (κ3) is 6.29. The Kier molecular flexibility index (Phi) is 8.12. The maximum Gasteiger partial charge on any atom is 0.337 e. The summed E-state index contributed by atoms with van der Waals surface area (Å²) >= 11 is 0. The first-order valence-corrected chi connectivity index (χ1v) is 10.4. The number of methoxy groups -OCH3 is 2. The highest BCUT2D eigenvalue weighted by Gasteiger charge is 2.10. The average Bonchev–Trinajstić information content (AvgIpc) is 2.90. The van der Waals surface area contributed by atoms with Gasteiger partial charge in [0.1, 0.15) is 0 Å². The summed E-state index contributed by atoms with van der Waals surface area (Å²) in [6, 6.07) is 19.9. The summed E-state index contributed by atoms with van der Waals surface area (Å²) < 4.78 is 9.28. The highest BCUT2D eigenvalue weighted by Crippen LogP contribution is 2.09. The van der Waals surface area contributed by atoms with Gasteiger partial charge in [-0.2, -0.15) is 0 Å². The van der Waals surface area contributed by atoms with Crippen LogP contribution in [0, 0.1) is 0 Å². The van der Waals surface area contributed by atoms with Crippen LogP contribution in [0.25, 0.3) is 0 Å². The van der Waals surface area contributed by atoms with Gasteiger partial charge in [-0.1, -0.05) is 24.3 Å². The van der Waals surface area contributed by atoms with Crippen molar-refractivity contribution >= 4 is 23.8 Å². The summed E-state index contributed by atoms with van der Waals surface area (Å²) in [4.78, 5) is 47.6. The molecule has 3 aromatic carbocycles. The van der Waals surface area contributed by atoms with Crippen LogP contribution in [0.5, 0.6) is 0 Å². The molecule has 0 saturated carbocycles. The molecular formula is C26H24N2O6. The van der Waals surface area contributed by atoms with Crippen LogP contribution in [-0.2, 0) is 22.6 Å². The van der Waals surface area contributed by atoms with Crippen molar-refractivity contribution in [1.82, 2.24) is 10.6 Å². The van der Waals surface area contributed by atoms with Crippen molar-refractivity contribution in [2.75, 3.05) is 14.2 Å². The summed E-state index contributed by atoms with van der Waals surface area (Å²) in [7, 11) is 2.60. The highest BCUT2D eigenvalue weighted by atomic mass is 16.5. The lowest BCUT2D eigenvalue weighted by molar-refractivity contribution is 0.0592. The Balaban J connectivity index is 1.48. The van der Waals surface area contributed by atoms with E-state index in [4.69, 9.17) is 0 Å². The third-order valence-corrected chi connectivity index (χ3v) is 5.07. The van der Waals surface area contributed by atoms with E-state index in [-0.39, 0.29) is 11.8 Å². The minimum atomic E-state index is -0.459. The van der Waals surface area contributed by atoms with Gasteiger partial charge in [0.15, 0.2) is 0 Å². The number of nitrogens with one attached hydrogen (secondary N) is 2. The van der Waals surface area contributed by atoms with Crippen molar-refractivity contribution in [3.05, 3.63) is 106 Å². The van der Waals surface area contributed by atoms with Crippen LogP contribution in [-0.4, -0.2) is 38.0 Å². The lowest BCUT2D eigenvalue weighted by Crippen LogP contribution is -2.23. The van der Waals surface area contributed by atoms with Gasteiger partial charge in [-0.05, 0) is 59.7 Å². The summed E-state index contributed by atoms with van der Waals surface area (Å²) in [5.41, 5.74) is 3.42. The molecule has 2 amide bonds. The quantitative estimate of drug-likeness (QED) is 0.500. The van der Waals surface area contributed by atoms with Crippen LogP contribution in [0.1, 0.15) is 52.6 Å². The lowest BCUT2D eigenvalue weighted by Gasteiger charge is -2.09. The van der Waals surface area contributed by atoms with Crippen LogP contribution in [0.3, 0.4) is 0 Å². The zero-order chi connectivity index (χ0) is 24.5. The number of ether oxygens (including phenoxy) is 2. The molecular weight excluding hydrogens is 436 g/mol. The van der Waals surface area contributed by atoms with Crippen LogP contribution < -0.4 is 10.6 Å². The Labute approximate surface area is 196 Å². The number of carbonyl (C=O) groups excluding carboxylic acids is 4. The fraction of sp³-hybridized carbons (Fsp3) is 0.154. The number of rotatable bonds is 8. The van der Waals surface area contributed by atoms with Crippen molar-refractivity contribution in [2.24, 2.45) is 0 Å². The molecule has 3 aromatic rings. The van der Waals surface area contributed by atoms with E-state index in [9.17, 15) is 19.2 Å². The molecule has 0 aromatic heterocycles. The summed E-state index contributed by atoms with van der Waals surface area (Å²) in [6.07, 6.45) is 0. The van der Waals surface area contributed by atoms with Gasteiger partial charge in [-0.3, -0.25) is 9.59 Å². The van der Waals surface area contributed by atoms with Gasteiger partial charge >= 0.3 is 11.9 Å². The second kappa shape index (κ2) is 11.4. The number of amides is 2. The van der Waals surface area contributed by atoms with Gasteiger partial charge in [0.25, 0.3) is 11.8 Å². The molecule has 0 bridgehead atoms. The Morgan fingerprint density at radius 1 is 0.529 bits per heavy atom. The van der Waals surface area contributed by atoms with E-state index in [0.717, 1.165) is 11.1 Å². The molecule has 0 radical (unpaired) electrons. The van der Waals surface area contributed by atoms with E-state index >= 15 is 0 Å². The van der Waals surface area contributed by atoms with Gasteiger partial charge in [0, 0.05) is 24.2 Å². The van der Waals surface area contributed by atoms with Gasteiger partial charge in [-0.15, -0.1) is 0 Å². The maximum atomic E-state index is 12.3. The zero-order valence-electron chi connectivity index (χ0n) is 18.8. The van der Waals surface area contributed by atoms with Crippen molar-refractivity contribution in [2.45, 2.75) is 13.1 Å². The molecule has 0 aliphatic rings. The standard InChI is InChI=1S/C26H24N2O6/c1-33-25(31)21-11-7-19(8-12-21)23(29)27-15-17-3-5-18(6-4-17)16-28-24(30)20-9-13-22(14-10-20)26(32)34-2/h3-14H,15-16H2,1-2H3,(H,27,29)(H,28,30). The topological polar surface area (TPSA) is 111 Å². The number of hydrogen-bond acceptors (Lipinski definition) is 6. The van der Waals surface area contributed by atoms with E-state index in [1.54, 1.807) is 24.3 Å². The Morgan fingerprint density at radius 2 is 0.824 bits per heavy atom. The van der Waals surface area contributed by atoms with E-state index in [2.05, 4.69) is 20.1 Å². The molecule has 0 fully saturated rings. The summed E-state index contributed by atoms with van der Waals surface area (Å²) in [5, 5.41) is 5.66. The lowest BCUT2D eigenvalue weighted by atomic mass is 10.1. The smallest absolute Gasteiger partial charge is 0.337 e. The van der Waals surface area contributed by atoms with Gasteiger partial charge in [-0.25, -0.2) is 9.59 Å². The van der Waals surface area contributed by atoms with Crippen LogP contribution in [0.2, 0.25) is 0 Å². The largest absolute Gasteiger partial charge is 0.465 e. The van der Waals surface area contributed by atoms with Crippen LogP contribution >= 0.6 is 0 Å². The molecule has 0 aliphatic carbocycles. The number of hydrogen-bond donors (Lipinski definition) is 2. The Morgan fingerprint density at radius 3 is 1.12 bits per heavy atom. The van der Waals surface area contributed by atoms with Gasteiger partial charge in [0.2, 0.25) is 0 Å². The predicted molar refractivity (Wildman–Crippen MR) is 124 cm³/mol. The maximum absolute atomic E-state index is 12.3. The third-order valence-electron chi connectivity index (χ3n) is 5.07. The fourth-order valence-corrected chi connectivity index (χ4v) is 3.09. The number of carbonyl (C=O) groups is 4.